The molecule has 0 radical (unpaired) electrons. The summed E-state index contributed by atoms with van der Waals surface area (Å²) in [6.07, 6.45) is 14.4. The molecule has 252 valence electrons. The molecular weight excluding hydrogens is 564 g/mol. The number of morpholine rings is 1. The minimum atomic E-state index is -0.167. The van der Waals surface area contributed by atoms with Crippen LogP contribution in [0, 0.1) is 46.3 Å². The van der Waals surface area contributed by atoms with Crippen LogP contribution < -0.4 is 16.0 Å². The van der Waals surface area contributed by atoms with Crippen LogP contribution in [0.5, 0.6) is 0 Å². The van der Waals surface area contributed by atoms with Crippen molar-refractivity contribution in [1.29, 1.82) is 0 Å². The topological polar surface area (TPSA) is 91.9 Å². The van der Waals surface area contributed by atoms with Crippen molar-refractivity contribution in [2.45, 2.75) is 116 Å². The molecule has 2 amide bonds. The van der Waals surface area contributed by atoms with E-state index in [1.165, 1.54) is 32.1 Å². The van der Waals surface area contributed by atoms with Crippen molar-refractivity contribution in [2.75, 3.05) is 45.9 Å². The second-order valence-electron chi connectivity index (χ2n) is 16.8. The van der Waals surface area contributed by atoms with Gasteiger partial charge in [0, 0.05) is 38.1 Å². The zero-order chi connectivity index (χ0) is 31.4. The fourth-order valence-corrected chi connectivity index (χ4v) is 11.8. The van der Waals surface area contributed by atoms with Crippen LogP contribution in [0.1, 0.15) is 98.3 Å². The number of hydrogen-bond donors (Lipinski definition) is 3. The van der Waals surface area contributed by atoms with Gasteiger partial charge in [0.05, 0.1) is 19.3 Å². The summed E-state index contributed by atoms with van der Waals surface area (Å²) in [6.45, 7) is 16.2. The van der Waals surface area contributed by atoms with Crippen LogP contribution in [0.4, 0.5) is 0 Å². The van der Waals surface area contributed by atoms with Gasteiger partial charge in [-0.25, -0.2) is 0 Å². The first kappa shape index (κ1) is 32.1. The fraction of sp³-hybridized carbons (Fsp3) is 0.892. The lowest BCUT2D eigenvalue weighted by Crippen LogP contribution is -2.57. The third-order valence-corrected chi connectivity index (χ3v) is 14.3. The molecule has 4 aliphatic carbocycles. The maximum absolute atomic E-state index is 12.9. The van der Waals surface area contributed by atoms with Gasteiger partial charge >= 0.3 is 0 Å². The number of hydrogen-bond acceptors (Lipinski definition) is 6. The van der Waals surface area contributed by atoms with Gasteiger partial charge in [-0.3, -0.25) is 19.8 Å². The predicted molar refractivity (Wildman–Crippen MR) is 175 cm³/mol. The average molecular weight is 625 g/mol. The van der Waals surface area contributed by atoms with Gasteiger partial charge < -0.3 is 20.1 Å². The predicted octanol–water partition coefficient (Wildman–Crippen LogP) is 4.64. The second-order valence-corrected chi connectivity index (χ2v) is 16.8. The Morgan fingerprint density at radius 1 is 1.04 bits per heavy atom. The average Bonchev–Trinajstić information content (AvgIpc) is 3.47. The molecule has 0 aromatic carbocycles. The van der Waals surface area contributed by atoms with Crippen LogP contribution in [0.25, 0.3) is 0 Å². The maximum atomic E-state index is 12.9. The molecule has 0 bridgehead atoms. The van der Waals surface area contributed by atoms with Gasteiger partial charge in [-0.1, -0.05) is 39.3 Å². The summed E-state index contributed by atoms with van der Waals surface area (Å²) in [5.74, 6) is 3.90. The highest BCUT2D eigenvalue weighted by atomic mass is 16.5. The third-order valence-electron chi connectivity index (χ3n) is 14.3. The van der Waals surface area contributed by atoms with E-state index in [-0.39, 0.29) is 35.4 Å². The number of carbonyl (C=O) groups excluding carboxylic acids is 2. The first-order chi connectivity index (χ1) is 21.6. The molecule has 0 unspecified atom stereocenters. The molecule has 0 aromatic heterocycles. The standard InChI is InChI=1S/C37H60N4O4/c1-24-8-13-37(39-23-24)25(2)34-31(45-37)21-30-28-7-6-26-20-27(9-11-35(26,3)29(28)10-12-36(30,34)4)40-33(43)22-32(42)38-14-5-15-41-16-18-44-19-17-41/h6,24-25,27-31,34,39H,5,7-23H2,1-4H3,(H,38,42)(H,40,43)/t24-,25+,27+,28-,29+,30+,31+,34+,35+,36+,37-/m1/s1. The zero-order valence-corrected chi connectivity index (χ0v) is 28.5. The fourth-order valence-electron chi connectivity index (χ4n) is 11.8. The molecule has 7 rings (SSSR count). The molecule has 3 aliphatic heterocycles. The van der Waals surface area contributed by atoms with E-state index < -0.39 is 0 Å². The Morgan fingerprint density at radius 2 is 1.87 bits per heavy atom. The highest BCUT2D eigenvalue weighted by molar-refractivity contribution is 5.96. The van der Waals surface area contributed by atoms with Gasteiger partial charge in [0.2, 0.25) is 11.8 Å². The number of allylic oxidation sites excluding steroid dienone is 1. The highest BCUT2D eigenvalue weighted by Crippen LogP contribution is 2.70. The van der Waals surface area contributed by atoms with Crippen molar-refractivity contribution in [1.82, 2.24) is 20.9 Å². The van der Waals surface area contributed by atoms with E-state index in [1.807, 2.05) is 0 Å². The largest absolute Gasteiger partial charge is 0.379 e. The second kappa shape index (κ2) is 12.5. The molecule has 8 nitrogen and oxygen atoms in total. The number of nitrogens with zero attached hydrogens (tertiary/aromatic N) is 1. The molecule has 1 spiro atoms. The summed E-state index contributed by atoms with van der Waals surface area (Å²) < 4.78 is 12.5. The van der Waals surface area contributed by atoms with Crippen molar-refractivity contribution in [3.8, 4) is 0 Å². The molecular formula is C37H60N4O4. The van der Waals surface area contributed by atoms with Crippen LogP contribution in [0.15, 0.2) is 11.6 Å². The van der Waals surface area contributed by atoms with E-state index in [2.05, 4.69) is 54.6 Å². The molecule has 8 heteroatoms. The molecule has 11 atom stereocenters. The molecule has 3 saturated carbocycles. The molecule has 6 fully saturated rings. The van der Waals surface area contributed by atoms with Gasteiger partial charge in [0.15, 0.2) is 0 Å². The number of fused-ring (bicyclic) bond motifs is 7. The smallest absolute Gasteiger partial charge is 0.229 e. The number of ether oxygens (including phenoxy) is 2. The number of amides is 2. The third kappa shape index (κ3) is 5.82. The Labute approximate surface area is 271 Å². The SMILES string of the molecule is C[C@@H]1CC[C@@]2(NC1)O[C@H]1C[C@H]3[C@@H]4CC=C5C[C@@H](NC(=O)CC(=O)NCCCN6CCOCC6)CC[C@]5(C)[C@H]4CC[C@]3(C)[C@H]1[C@@H]2C. The normalized spacial score (nSPS) is 46.0. The number of piperidine rings is 1. The van der Waals surface area contributed by atoms with Crippen molar-refractivity contribution < 1.29 is 19.1 Å². The van der Waals surface area contributed by atoms with E-state index in [1.54, 1.807) is 5.57 Å². The van der Waals surface area contributed by atoms with E-state index >= 15 is 0 Å². The molecule has 3 N–H and O–H groups in total. The van der Waals surface area contributed by atoms with Gasteiger partial charge in [-0.05, 0) is 111 Å². The molecule has 0 aromatic rings. The first-order valence-electron chi connectivity index (χ1n) is 18.6. The van der Waals surface area contributed by atoms with Crippen molar-refractivity contribution >= 4 is 11.8 Å². The van der Waals surface area contributed by atoms with Crippen LogP contribution in [0.2, 0.25) is 0 Å². The van der Waals surface area contributed by atoms with E-state index in [9.17, 15) is 9.59 Å². The van der Waals surface area contributed by atoms with Gasteiger partial charge in [-0.15, -0.1) is 0 Å². The maximum Gasteiger partial charge on any atom is 0.229 e. The summed E-state index contributed by atoms with van der Waals surface area (Å²) in [5, 5.41) is 10.1. The first-order valence-corrected chi connectivity index (χ1v) is 18.6. The molecule has 7 aliphatic rings. The monoisotopic (exact) mass is 624 g/mol. The molecule has 45 heavy (non-hydrogen) atoms. The summed E-state index contributed by atoms with van der Waals surface area (Å²) >= 11 is 0. The lowest BCUT2D eigenvalue weighted by molar-refractivity contribution is -0.129. The van der Waals surface area contributed by atoms with Crippen LogP contribution in [-0.2, 0) is 19.1 Å². The Kier molecular flexibility index (Phi) is 8.93. The Hall–Kier alpha value is -1.48. The summed E-state index contributed by atoms with van der Waals surface area (Å²) in [7, 11) is 0. The number of carbonyl (C=O) groups is 2. The van der Waals surface area contributed by atoms with Crippen LogP contribution in [0.3, 0.4) is 0 Å². The number of nitrogens with one attached hydrogen (secondary N) is 3. The van der Waals surface area contributed by atoms with Crippen molar-refractivity contribution in [2.24, 2.45) is 46.3 Å². The van der Waals surface area contributed by atoms with Crippen molar-refractivity contribution in [3.63, 3.8) is 0 Å². The summed E-state index contributed by atoms with van der Waals surface area (Å²) in [4.78, 5) is 27.7. The lowest BCUT2D eigenvalue weighted by atomic mass is 9.46. The zero-order valence-electron chi connectivity index (χ0n) is 28.5. The minimum absolute atomic E-state index is 0.0754. The number of rotatable bonds is 7. The van der Waals surface area contributed by atoms with Gasteiger partial charge in [-0.2, -0.15) is 0 Å². The summed E-state index contributed by atoms with van der Waals surface area (Å²) in [5.41, 5.74) is 2.08. The quantitative estimate of drug-likeness (QED) is 0.217. The minimum Gasteiger partial charge on any atom is -0.379 e. The highest BCUT2D eigenvalue weighted by Gasteiger charge is 2.68. The van der Waals surface area contributed by atoms with E-state index in [4.69, 9.17) is 9.47 Å². The summed E-state index contributed by atoms with van der Waals surface area (Å²) in [6, 6.07) is 0.137. The molecule has 3 heterocycles. The van der Waals surface area contributed by atoms with Crippen molar-refractivity contribution in [3.05, 3.63) is 11.6 Å². The van der Waals surface area contributed by atoms with E-state index in [0.717, 1.165) is 95.2 Å². The Morgan fingerprint density at radius 3 is 2.64 bits per heavy atom. The van der Waals surface area contributed by atoms with Crippen LogP contribution in [-0.4, -0.2) is 80.5 Å². The van der Waals surface area contributed by atoms with E-state index in [0.29, 0.717) is 29.9 Å². The van der Waals surface area contributed by atoms with Gasteiger partial charge in [0.1, 0.15) is 12.1 Å². The lowest BCUT2D eigenvalue weighted by Gasteiger charge is -2.58. The Balaban J connectivity index is 0.919. The molecule has 3 saturated heterocycles. The Bertz CT molecular complexity index is 1150. The van der Waals surface area contributed by atoms with Gasteiger partial charge in [0.25, 0.3) is 0 Å². The van der Waals surface area contributed by atoms with Crippen LogP contribution >= 0.6 is 0 Å².